The number of nitrogens with one attached hydrogen (secondary N) is 1. The van der Waals surface area contributed by atoms with Crippen molar-refractivity contribution in [3.05, 3.63) is 29.8 Å². The van der Waals surface area contributed by atoms with Crippen LogP contribution >= 0.6 is 0 Å². The lowest BCUT2D eigenvalue weighted by Gasteiger charge is -2.18. The van der Waals surface area contributed by atoms with Gasteiger partial charge in [0.1, 0.15) is 5.75 Å². The van der Waals surface area contributed by atoms with Crippen molar-refractivity contribution in [2.24, 2.45) is 0 Å². The van der Waals surface area contributed by atoms with E-state index in [2.05, 4.69) is 23.5 Å². The molecule has 0 aliphatic heterocycles. The normalized spacial score (nSPS) is 12.7. The number of hydrogen-bond acceptors (Lipinski definition) is 3. The van der Waals surface area contributed by atoms with Crippen molar-refractivity contribution in [1.82, 2.24) is 5.32 Å². The maximum atomic E-state index is 5.74. The van der Waals surface area contributed by atoms with Crippen LogP contribution in [0.2, 0.25) is 0 Å². The maximum Gasteiger partial charge on any atom is 0.120 e. The van der Waals surface area contributed by atoms with Gasteiger partial charge in [-0.05, 0) is 58.4 Å². The van der Waals surface area contributed by atoms with Crippen LogP contribution in [-0.4, -0.2) is 26.4 Å². The molecule has 1 rings (SSSR count). The van der Waals surface area contributed by atoms with Gasteiger partial charge in [0.05, 0.1) is 6.10 Å². The van der Waals surface area contributed by atoms with Gasteiger partial charge >= 0.3 is 0 Å². The molecular formula is C16H27NO2. The van der Waals surface area contributed by atoms with Crippen LogP contribution in [-0.2, 0) is 4.74 Å². The SMILES string of the molecule is CCOCCCC(NC)c1cccc(OC(C)C)c1. The van der Waals surface area contributed by atoms with Crippen molar-refractivity contribution in [1.29, 1.82) is 0 Å². The molecule has 0 spiro atoms. The second kappa shape index (κ2) is 8.94. The van der Waals surface area contributed by atoms with Gasteiger partial charge in [-0.15, -0.1) is 0 Å². The van der Waals surface area contributed by atoms with E-state index in [1.807, 2.05) is 33.9 Å². The molecule has 0 aliphatic rings. The lowest BCUT2D eigenvalue weighted by Crippen LogP contribution is -2.17. The molecule has 0 heterocycles. The first kappa shape index (κ1) is 16.0. The third-order valence-electron chi connectivity index (χ3n) is 2.97. The summed E-state index contributed by atoms with van der Waals surface area (Å²) in [6.07, 6.45) is 2.34. The number of hydrogen-bond donors (Lipinski definition) is 1. The van der Waals surface area contributed by atoms with Crippen LogP contribution in [0.3, 0.4) is 0 Å². The van der Waals surface area contributed by atoms with Gasteiger partial charge in [-0.3, -0.25) is 0 Å². The Kier molecular flexibility index (Phi) is 7.53. The molecule has 19 heavy (non-hydrogen) atoms. The van der Waals surface area contributed by atoms with E-state index in [9.17, 15) is 0 Å². The van der Waals surface area contributed by atoms with E-state index < -0.39 is 0 Å². The molecule has 1 atom stereocenters. The summed E-state index contributed by atoms with van der Waals surface area (Å²) in [6.45, 7) is 7.75. The van der Waals surface area contributed by atoms with Crippen molar-refractivity contribution >= 4 is 0 Å². The van der Waals surface area contributed by atoms with Crippen molar-refractivity contribution in [3.8, 4) is 5.75 Å². The van der Waals surface area contributed by atoms with E-state index in [0.717, 1.165) is 31.8 Å². The quantitative estimate of drug-likeness (QED) is 0.693. The summed E-state index contributed by atoms with van der Waals surface area (Å²) < 4.78 is 11.1. The predicted octanol–water partition coefficient (Wildman–Crippen LogP) is 3.55. The van der Waals surface area contributed by atoms with Gasteiger partial charge in [-0.2, -0.15) is 0 Å². The van der Waals surface area contributed by atoms with Crippen LogP contribution in [0.5, 0.6) is 5.75 Å². The highest BCUT2D eigenvalue weighted by Crippen LogP contribution is 2.23. The van der Waals surface area contributed by atoms with Gasteiger partial charge in [0.2, 0.25) is 0 Å². The minimum absolute atomic E-state index is 0.209. The second-order valence-corrected chi connectivity index (χ2v) is 4.92. The summed E-state index contributed by atoms with van der Waals surface area (Å²) in [5.74, 6) is 0.942. The Morgan fingerprint density at radius 3 is 2.68 bits per heavy atom. The largest absolute Gasteiger partial charge is 0.491 e. The topological polar surface area (TPSA) is 30.5 Å². The minimum atomic E-state index is 0.209. The molecule has 0 saturated heterocycles. The summed E-state index contributed by atoms with van der Waals surface area (Å²) in [5, 5.41) is 3.36. The average molecular weight is 265 g/mol. The van der Waals surface area contributed by atoms with E-state index >= 15 is 0 Å². The zero-order valence-corrected chi connectivity index (χ0v) is 12.6. The van der Waals surface area contributed by atoms with Crippen LogP contribution in [0.15, 0.2) is 24.3 Å². The van der Waals surface area contributed by atoms with E-state index in [1.165, 1.54) is 5.56 Å². The molecule has 3 heteroatoms. The lowest BCUT2D eigenvalue weighted by molar-refractivity contribution is 0.141. The molecule has 0 radical (unpaired) electrons. The van der Waals surface area contributed by atoms with Crippen molar-refractivity contribution in [2.45, 2.75) is 45.8 Å². The van der Waals surface area contributed by atoms with E-state index in [-0.39, 0.29) is 6.10 Å². The second-order valence-electron chi connectivity index (χ2n) is 4.92. The van der Waals surface area contributed by atoms with Crippen LogP contribution in [0.25, 0.3) is 0 Å². The first-order valence-corrected chi connectivity index (χ1v) is 7.19. The summed E-state index contributed by atoms with van der Waals surface area (Å²) in [7, 11) is 2.00. The molecule has 0 aliphatic carbocycles. The molecule has 0 amide bonds. The number of benzene rings is 1. The molecule has 1 aromatic rings. The fourth-order valence-corrected chi connectivity index (χ4v) is 2.09. The summed E-state index contributed by atoms with van der Waals surface area (Å²) in [5.41, 5.74) is 1.28. The van der Waals surface area contributed by atoms with Gasteiger partial charge in [-0.25, -0.2) is 0 Å². The Morgan fingerprint density at radius 2 is 2.05 bits per heavy atom. The molecular weight excluding hydrogens is 238 g/mol. The zero-order chi connectivity index (χ0) is 14.1. The maximum absolute atomic E-state index is 5.74. The van der Waals surface area contributed by atoms with Crippen molar-refractivity contribution < 1.29 is 9.47 Å². The molecule has 1 aromatic carbocycles. The molecule has 0 saturated carbocycles. The Morgan fingerprint density at radius 1 is 1.26 bits per heavy atom. The van der Waals surface area contributed by atoms with Crippen LogP contribution in [0.4, 0.5) is 0 Å². The van der Waals surface area contributed by atoms with E-state index in [1.54, 1.807) is 0 Å². The number of ether oxygens (including phenoxy) is 2. The van der Waals surface area contributed by atoms with E-state index in [4.69, 9.17) is 9.47 Å². The molecule has 1 unspecified atom stereocenters. The molecule has 3 nitrogen and oxygen atoms in total. The third-order valence-corrected chi connectivity index (χ3v) is 2.97. The minimum Gasteiger partial charge on any atom is -0.491 e. The standard InChI is InChI=1S/C16H27NO2/c1-5-18-11-7-10-16(17-4)14-8-6-9-15(12-14)19-13(2)3/h6,8-9,12-13,16-17H,5,7,10-11H2,1-4H3. The van der Waals surface area contributed by atoms with Crippen molar-refractivity contribution in [2.75, 3.05) is 20.3 Å². The first-order valence-electron chi connectivity index (χ1n) is 7.19. The Bertz CT molecular complexity index is 352. The molecule has 0 fully saturated rings. The van der Waals surface area contributed by atoms with Crippen LogP contribution in [0.1, 0.15) is 45.2 Å². The summed E-state index contributed by atoms with van der Waals surface area (Å²) in [6, 6.07) is 8.70. The lowest BCUT2D eigenvalue weighted by atomic mass is 10.0. The average Bonchev–Trinajstić information content (AvgIpc) is 2.38. The van der Waals surface area contributed by atoms with Gasteiger partial charge < -0.3 is 14.8 Å². The van der Waals surface area contributed by atoms with Gasteiger partial charge in [0.25, 0.3) is 0 Å². The van der Waals surface area contributed by atoms with Crippen LogP contribution in [0, 0.1) is 0 Å². The Labute approximate surface area is 117 Å². The predicted molar refractivity (Wildman–Crippen MR) is 79.7 cm³/mol. The Hall–Kier alpha value is -1.06. The summed E-state index contributed by atoms with van der Waals surface area (Å²) in [4.78, 5) is 0. The van der Waals surface area contributed by atoms with Gasteiger partial charge in [-0.1, -0.05) is 12.1 Å². The molecule has 108 valence electrons. The van der Waals surface area contributed by atoms with Crippen LogP contribution < -0.4 is 10.1 Å². The first-order chi connectivity index (χ1) is 9.17. The highest BCUT2D eigenvalue weighted by atomic mass is 16.5. The number of rotatable bonds is 9. The monoisotopic (exact) mass is 265 g/mol. The Balaban J connectivity index is 2.59. The third kappa shape index (κ3) is 6.08. The molecule has 0 aromatic heterocycles. The zero-order valence-electron chi connectivity index (χ0n) is 12.6. The highest BCUT2D eigenvalue weighted by Gasteiger charge is 2.10. The fourth-order valence-electron chi connectivity index (χ4n) is 2.09. The van der Waals surface area contributed by atoms with E-state index in [0.29, 0.717) is 6.04 Å². The molecule has 0 bridgehead atoms. The molecule has 1 N–H and O–H groups in total. The highest BCUT2D eigenvalue weighted by molar-refractivity contribution is 5.30. The van der Waals surface area contributed by atoms with Gasteiger partial charge in [0, 0.05) is 19.3 Å². The summed E-state index contributed by atoms with van der Waals surface area (Å²) >= 11 is 0. The fraction of sp³-hybridized carbons (Fsp3) is 0.625. The van der Waals surface area contributed by atoms with Gasteiger partial charge in [0.15, 0.2) is 0 Å². The smallest absolute Gasteiger partial charge is 0.120 e. The van der Waals surface area contributed by atoms with Crippen molar-refractivity contribution in [3.63, 3.8) is 0 Å².